The van der Waals surface area contributed by atoms with Crippen LogP contribution in [0.4, 0.5) is 23.4 Å². The number of anilines is 2. The van der Waals surface area contributed by atoms with E-state index in [0.717, 1.165) is 48.9 Å². The number of thiazole rings is 2. The molecule has 2 aromatic heterocycles. The molecule has 38 heavy (non-hydrogen) atoms. The third kappa shape index (κ3) is 5.80. The molecule has 0 aliphatic carbocycles. The molecule has 2 amide bonds. The van der Waals surface area contributed by atoms with E-state index in [1.807, 2.05) is 14.1 Å². The second-order valence-electron chi connectivity index (χ2n) is 9.56. The highest BCUT2D eigenvalue weighted by Gasteiger charge is 2.37. The van der Waals surface area contributed by atoms with Gasteiger partial charge in [0.2, 0.25) is 11.8 Å². The van der Waals surface area contributed by atoms with E-state index in [2.05, 4.69) is 30.4 Å². The fourth-order valence-corrected chi connectivity index (χ4v) is 6.58. The van der Waals surface area contributed by atoms with Crippen LogP contribution in [0.3, 0.4) is 0 Å². The summed E-state index contributed by atoms with van der Waals surface area (Å²) in [6.45, 7) is 5.54. The van der Waals surface area contributed by atoms with Crippen molar-refractivity contribution in [2.24, 2.45) is 0 Å². The van der Waals surface area contributed by atoms with Gasteiger partial charge in [0.05, 0.1) is 39.1 Å². The Bertz CT molecular complexity index is 1240. The van der Waals surface area contributed by atoms with Crippen molar-refractivity contribution in [1.82, 2.24) is 29.6 Å². The number of amides is 2. The Morgan fingerprint density at radius 1 is 0.789 bits per heavy atom. The lowest BCUT2D eigenvalue weighted by atomic mass is 10.2. The summed E-state index contributed by atoms with van der Waals surface area (Å²) in [5.41, 5.74) is -0.471. The van der Waals surface area contributed by atoms with E-state index in [1.165, 1.54) is 6.07 Å². The first-order valence-electron chi connectivity index (χ1n) is 12.3. The molecule has 2 saturated heterocycles. The molecule has 2 aliphatic rings. The maximum atomic E-state index is 14.2. The van der Waals surface area contributed by atoms with Gasteiger partial charge in [-0.2, -0.15) is 13.2 Å². The number of nitrogens with zero attached hydrogens (tertiary/aromatic N) is 6. The molecule has 0 radical (unpaired) electrons. The number of carbonyl (C=O) groups excluding carboxylic acids is 2. The molecular formula is C23H29F3N8O2S2. The van der Waals surface area contributed by atoms with Gasteiger partial charge in [0, 0.05) is 52.4 Å². The number of carbonyl (C=O) groups is 2. The number of aromatic nitrogens is 2. The summed E-state index contributed by atoms with van der Waals surface area (Å²) in [7, 11) is 3.98. The average molecular weight is 571 g/mol. The molecule has 0 bridgehead atoms. The van der Waals surface area contributed by atoms with Gasteiger partial charge >= 0.3 is 6.18 Å². The molecule has 1 aromatic carbocycles. The largest absolute Gasteiger partial charge is 0.419 e. The average Bonchev–Trinajstić information content (AvgIpc) is 3.47. The van der Waals surface area contributed by atoms with Gasteiger partial charge in [0.25, 0.3) is 0 Å². The second-order valence-corrected chi connectivity index (χ2v) is 11.6. The molecule has 0 spiro atoms. The van der Waals surface area contributed by atoms with Gasteiger partial charge in [0.15, 0.2) is 10.3 Å². The number of hydrogen-bond acceptors (Lipinski definition) is 10. The Kier molecular flexibility index (Phi) is 7.62. The standard InChI is InChI=1S/C23H29F3N8O2S2/c1-31-3-7-33(8-4-31)16(35)12-27-21-29-14-11-15-20(18(19(14)37-21)23(24,25)26)38-22(30-15)28-13-17(36)34-9-5-32(2)6-10-34/h11H,3-10,12-13H2,1-2H3,(H,27,29)(H,28,30). The maximum Gasteiger partial charge on any atom is 0.419 e. The number of fused-ring (bicyclic) bond motifs is 2. The van der Waals surface area contributed by atoms with Crippen LogP contribution >= 0.6 is 22.7 Å². The fourth-order valence-electron chi connectivity index (χ4n) is 4.50. The van der Waals surface area contributed by atoms with E-state index < -0.39 is 11.7 Å². The molecule has 206 valence electrons. The van der Waals surface area contributed by atoms with E-state index in [9.17, 15) is 22.8 Å². The molecule has 0 unspecified atom stereocenters. The topological polar surface area (TPSA) is 96.9 Å². The predicted molar refractivity (Wildman–Crippen MR) is 143 cm³/mol. The van der Waals surface area contributed by atoms with E-state index in [1.54, 1.807) is 9.80 Å². The Balaban J connectivity index is 1.32. The van der Waals surface area contributed by atoms with Gasteiger partial charge in [-0.3, -0.25) is 9.59 Å². The highest BCUT2D eigenvalue weighted by Crippen LogP contribution is 2.45. The molecular weight excluding hydrogens is 541 g/mol. The molecule has 5 rings (SSSR count). The lowest BCUT2D eigenvalue weighted by Crippen LogP contribution is -2.48. The van der Waals surface area contributed by atoms with Crippen LogP contribution in [0.2, 0.25) is 0 Å². The maximum absolute atomic E-state index is 14.2. The summed E-state index contributed by atoms with van der Waals surface area (Å²) in [6.07, 6.45) is -4.63. The van der Waals surface area contributed by atoms with Crippen molar-refractivity contribution in [3.63, 3.8) is 0 Å². The third-order valence-electron chi connectivity index (χ3n) is 6.81. The molecule has 10 nitrogen and oxygen atoms in total. The van der Waals surface area contributed by atoms with Crippen LogP contribution in [0.5, 0.6) is 0 Å². The Labute approximate surface area is 225 Å². The SMILES string of the molecule is CN1CCN(C(=O)CNc2nc3cc4nc(NCC(=O)N5CCN(C)CC5)sc4c(C(F)(F)F)c3s2)CC1. The minimum absolute atomic E-state index is 0.0109. The van der Waals surface area contributed by atoms with Crippen LogP contribution in [0, 0.1) is 0 Å². The number of likely N-dealkylation sites (N-methyl/N-ethyl adjacent to an activating group) is 2. The molecule has 0 saturated carbocycles. The number of alkyl halides is 3. The summed E-state index contributed by atoms with van der Waals surface area (Å²) in [4.78, 5) is 41.5. The summed E-state index contributed by atoms with van der Waals surface area (Å²) >= 11 is 1.75. The van der Waals surface area contributed by atoms with E-state index in [0.29, 0.717) is 26.2 Å². The summed E-state index contributed by atoms with van der Waals surface area (Å²) in [5, 5.41) is 6.32. The lowest BCUT2D eigenvalue weighted by Gasteiger charge is -2.32. The predicted octanol–water partition coefficient (Wildman–Crippen LogP) is 2.30. The normalized spacial score (nSPS) is 17.9. The van der Waals surface area contributed by atoms with Gasteiger partial charge in [-0.1, -0.05) is 22.7 Å². The fraction of sp³-hybridized carbons (Fsp3) is 0.565. The second kappa shape index (κ2) is 10.8. The number of piperazine rings is 2. The van der Waals surface area contributed by atoms with E-state index in [4.69, 9.17) is 0 Å². The monoisotopic (exact) mass is 570 g/mol. The first-order chi connectivity index (χ1) is 18.1. The van der Waals surface area contributed by atoms with Gasteiger partial charge < -0.3 is 30.2 Å². The number of nitrogens with one attached hydrogen (secondary N) is 2. The van der Waals surface area contributed by atoms with Crippen LogP contribution < -0.4 is 10.6 Å². The minimum Gasteiger partial charge on any atom is -0.352 e. The first kappa shape index (κ1) is 26.8. The summed E-state index contributed by atoms with van der Waals surface area (Å²) in [5.74, 6) is -0.226. The van der Waals surface area contributed by atoms with Gasteiger partial charge in [-0.15, -0.1) is 0 Å². The van der Waals surface area contributed by atoms with Gasteiger partial charge in [-0.05, 0) is 20.2 Å². The Morgan fingerprint density at radius 2 is 1.18 bits per heavy atom. The van der Waals surface area contributed by atoms with Crippen molar-refractivity contribution in [3.8, 4) is 0 Å². The smallest absolute Gasteiger partial charge is 0.352 e. The highest BCUT2D eigenvalue weighted by molar-refractivity contribution is 7.24. The molecule has 2 N–H and O–H groups in total. The van der Waals surface area contributed by atoms with Crippen molar-refractivity contribution in [2.45, 2.75) is 6.18 Å². The van der Waals surface area contributed by atoms with E-state index >= 15 is 0 Å². The minimum atomic E-state index is -4.63. The van der Waals surface area contributed by atoms with Crippen LogP contribution in [0.25, 0.3) is 20.4 Å². The number of halogens is 3. The quantitative estimate of drug-likeness (QED) is 0.466. The van der Waals surface area contributed by atoms with Crippen LogP contribution in [0.15, 0.2) is 6.07 Å². The first-order valence-corrected chi connectivity index (χ1v) is 13.9. The molecule has 2 fully saturated rings. The molecule has 0 atom stereocenters. The van der Waals surface area contributed by atoms with Crippen molar-refractivity contribution in [1.29, 1.82) is 0 Å². The van der Waals surface area contributed by atoms with Gasteiger partial charge in [0.1, 0.15) is 0 Å². The van der Waals surface area contributed by atoms with Crippen LogP contribution in [-0.2, 0) is 15.8 Å². The summed E-state index contributed by atoms with van der Waals surface area (Å²) in [6, 6.07) is 1.52. The lowest BCUT2D eigenvalue weighted by molar-refractivity contribution is -0.135. The highest BCUT2D eigenvalue weighted by atomic mass is 32.1. The van der Waals surface area contributed by atoms with Crippen molar-refractivity contribution >= 4 is 65.2 Å². The zero-order valence-electron chi connectivity index (χ0n) is 21.1. The Hall–Kier alpha value is -2.75. The molecule has 15 heteroatoms. The van der Waals surface area contributed by atoms with Crippen molar-refractivity contribution < 1.29 is 22.8 Å². The van der Waals surface area contributed by atoms with E-state index in [-0.39, 0.29) is 55.6 Å². The number of hydrogen-bond donors (Lipinski definition) is 2. The Morgan fingerprint density at radius 3 is 1.55 bits per heavy atom. The zero-order valence-corrected chi connectivity index (χ0v) is 22.7. The van der Waals surface area contributed by atoms with Gasteiger partial charge in [-0.25, -0.2) is 9.97 Å². The molecule has 3 aromatic rings. The molecule has 2 aliphatic heterocycles. The zero-order chi connectivity index (χ0) is 27.0. The molecule has 4 heterocycles. The van der Waals surface area contributed by atoms with Crippen molar-refractivity contribution in [2.75, 3.05) is 90.2 Å². The summed E-state index contributed by atoms with van der Waals surface area (Å²) < 4.78 is 42.7. The number of benzene rings is 1. The van der Waals surface area contributed by atoms with Crippen LogP contribution in [0.1, 0.15) is 5.56 Å². The van der Waals surface area contributed by atoms with Crippen molar-refractivity contribution in [3.05, 3.63) is 11.6 Å². The third-order valence-corrected chi connectivity index (χ3v) is 8.90. The number of rotatable bonds is 6. The van der Waals surface area contributed by atoms with Crippen LogP contribution in [-0.4, -0.2) is 121 Å².